The highest BCUT2D eigenvalue weighted by Crippen LogP contribution is 2.34. The van der Waals surface area contributed by atoms with Crippen molar-refractivity contribution in [1.29, 1.82) is 0 Å². The van der Waals surface area contributed by atoms with E-state index in [1.165, 1.54) is 35.7 Å². The molecule has 0 aliphatic carbocycles. The number of halogens is 3. The van der Waals surface area contributed by atoms with Gasteiger partial charge in [-0.05, 0) is 17.0 Å². The number of carbonyl (C=O) groups is 1. The molecule has 18 heavy (non-hydrogen) atoms. The molecule has 0 spiro atoms. The van der Waals surface area contributed by atoms with E-state index in [2.05, 4.69) is 0 Å². The van der Waals surface area contributed by atoms with Crippen molar-refractivity contribution in [3.63, 3.8) is 0 Å². The van der Waals surface area contributed by atoms with Crippen LogP contribution in [0.3, 0.4) is 0 Å². The van der Waals surface area contributed by atoms with Gasteiger partial charge in [-0.1, -0.05) is 30.3 Å². The largest absolute Gasteiger partial charge is 0.342 e. The van der Waals surface area contributed by atoms with E-state index in [4.69, 9.17) is 0 Å². The van der Waals surface area contributed by atoms with Gasteiger partial charge in [-0.25, -0.2) is 8.78 Å². The third kappa shape index (κ3) is 2.61. The molecule has 0 saturated carbocycles. The summed E-state index contributed by atoms with van der Waals surface area (Å²) in [5, 5.41) is 1.43. The fraction of sp³-hybridized carbons (Fsp3) is 0.154. The molecule has 0 aliphatic heterocycles. The fourth-order valence-corrected chi connectivity index (χ4v) is 2.42. The zero-order valence-electron chi connectivity index (χ0n) is 9.20. The maximum absolute atomic E-state index is 13.9. The van der Waals surface area contributed by atoms with Gasteiger partial charge in [-0.2, -0.15) is 4.39 Å². The van der Waals surface area contributed by atoms with Gasteiger partial charge in [0.15, 0.2) is 0 Å². The van der Waals surface area contributed by atoms with Gasteiger partial charge in [0.1, 0.15) is 4.88 Å². The SMILES string of the molecule is O=C(F)c1sccc1CC(F)(F)c1ccccc1. The van der Waals surface area contributed by atoms with Crippen LogP contribution in [0.5, 0.6) is 0 Å². The number of hydrogen-bond donors (Lipinski definition) is 0. The van der Waals surface area contributed by atoms with Crippen LogP contribution >= 0.6 is 11.3 Å². The number of alkyl halides is 2. The van der Waals surface area contributed by atoms with Crippen LogP contribution in [0.25, 0.3) is 0 Å². The Kier molecular flexibility index (Phi) is 3.52. The summed E-state index contributed by atoms with van der Waals surface area (Å²) in [6.07, 6.45) is -0.675. The van der Waals surface area contributed by atoms with E-state index in [1.807, 2.05) is 0 Å². The summed E-state index contributed by atoms with van der Waals surface area (Å²) in [5.74, 6) is -3.12. The molecular formula is C13H9F3OS. The summed E-state index contributed by atoms with van der Waals surface area (Å²) in [7, 11) is 0. The molecule has 0 amide bonds. The standard InChI is InChI=1S/C13H9F3OS/c14-12(17)11-9(6-7-18-11)8-13(15,16)10-4-2-1-3-5-10/h1-7H,8H2. The summed E-state index contributed by atoms with van der Waals surface area (Å²) < 4.78 is 40.5. The average molecular weight is 270 g/mol. The van der Waals surface area contributed by atoms with E-state index in [0.717, 1.165) is 11.3 Å². The molecule has 0 saturated heterocycles. The first-order valence-electron chi connectivity index (χ1n) is 5.20. The predicted octanol–water partition coefficient (Wildman–Crippen LogP) is 4.19. The first-order chi connectivity index (χ1) is 8.50. The highest BCUT2D eigenvalue weighted by Gasteiger charge is 2.33. The van der Waals surface area contributed by atoms with Crippen molar-refractivity contribution in [2.75, 3.05) is 0 Å². The number of carbonyl (C=O) groups excluding carboxylic acids is 1. The van der Waals surface area contributed by atoms with Crippen LogP contribution in [0.2, 0.25) is 0 Å². The van der Waals surface area contributed by atoms with E-state index in [-0.39, 0.29) is 16.0 Å². The Morgan fingerprint density at radius 3 is 2.44 bits per heavy atom. The van der Waals surface area contributed by atoms with Crippen LogP contribution < -0.4 is 0 Å². The van der Waals surface area contributed by atoms with Crippen molar-refractivity contribution in [3.05, 3.63) is 57.8 Å². The fourth-order valence-electron chi connectivity index (χ4n) is 1.67. The molecule has 94 valence electrons. The van der Waals surface area contributed by atoms with Gasteiger partial charge in [0.2, 0.25) is 0 Å². The molecule has 1 aromatic carbocycles. The smallest absolute Gasteiger partial charge is 0.254 e. The topological polar surface area (TPSA) is 17.1 Å². The van der Waals surface area contributed by atoms with Crippen molar-refractivity contribution < 1.29 is 18.0 Å². The normalized spacial score (nSPS) is 11.5. The molecule has 0 unspecified atom stereocenters. The maximum Gasteiger partial charge on any atom is 0.342 e. The molecule has 0 bridgehead atoms. The van der Waals surface area contributed by atoms with E-state index in [1.54, 1.807) is 6.07 Å². The predicted molar refractivity (Wildman–Crippen MR) is 63.8 cm³/mol. The Balaban J connectivity index is 2.28. The number of hydrogen-bond acceptors (Lipinski definition) is 2. The van der Waals surface area contributed by atoms with Crippen LogP contribution in [0, 0.1) is 0 Å². The first-order valence-corrected chi connectivity index (χ1v) is 6.08. The van der Waals surface area contributed by atoms with Crippen LogP contribution in [-0.2, 0) is 12.3 Å². The number of rotatable bonds is 4. The van der Waals surface area contributed by atoms with Crippen LogP contribution in [0.1, 0.15) is 20.8 Å². The summed E-state index contributed by atoms with van der Waals surface area (Å²) in [6, 6.07) is 6.97. The van der Waals surface area contributed by atoms with Gasteiger partial charge >= 0.3 is 6.04 Å². The van der Waals surface area contributed by atoms with Crippen LogP contribution in [0.4, 0.5) is 13.2 Å². The summed E-state index contributed by atoms with van der Waals surface area (Å²) >= 11 is 0.836. The molecule has 1 nitrogen and oxygen atoms in total. The molecule has 1 heterocycles. The third-order valence-corrected chi connectivity index (χ3v) is 3.46. The lowest BCUT2D eigenvalue weighted by Crippen LogP contribution is -2.17. The monoisotopic (exact) mass is 270 g/mol. The van der Waals surface area contributed by atoms with E-state index < -0.39 is 18.4 Å². The van der Waals surface area contributed by atoms with Gasteiger partial charge < -0.3 is 0 Å². The molecule has 0 aliphatic rings. The Hall–Kier alpha value is -1.62. The minimum Gasteiger partial charge on any atom is -0.254 e. The summed E-state index contributed by atoms with van der Waals surface area (Å²) in [4.78, 5) is 10.4. The van der Waals surface area contributed by atoms with Crippen LogP contribution in [0.15, 0.2) is 41.8 Å². The van der Waals surface area contributed by atoms with Crippen LogP contribution in [-0.4, -0.2) is 6.04 Å². The molecule has 2 rings (SSSR count). The Morgan fingerprint density at radius 2 is 1.83 bits per heavy atom. The van der Waals surface area contributed by atoms with E-state index >= 15 is 0 Å². The zero-order valence-corrected chi connectivity index (χ0v) is 10.0. The average Bonchev–Trinajstić information content (AvgIpc) is 2.78. The molecule has 5 heteroatoms. The number of benzene rings is 1. The highest BCUT2D eigenvalue weighted by molar-refractivity contribution is 7.12. The second kappa shape index (κ2) is 4.94. The van der Waals surface area contributed by atoms with Crippen molar-refractivity contribution in [2.45, 2.75) is 12.3 Å². The molecule has 0 fully saturated rings. The lowest BCUT2D eigenvalue weighted by Gasteiger charge is -2.16. The minimum atomic E-state index is -3.12. The summed E-state index contributed by atoms with van der Waals surface area (Å²) in [6.45, 7) is 0. The third-order valence-electron chi connectivity index (χ3n) is 2.53. The first kappa shape index (κ1) is 12.8. The van der Waals surface area contributed by atoms with Gasteiger partial charge in [-0.15, -0.1) is 11.3 Å². The van der Waals surface area contributed by atoms with Gasteiger partial charge in [0.05, 0.1) is 0 Å². The Bertz CT molecular complexity index is 548. The number of thiophene rings is 1. The molecule has 2 aromatic rings. The molecular weight excluding hydrogens is 261 g/mol. The van der Waals surface area contributed by atoms with E-state index in [0.29, 0.717) is 0 Å². The Labute approximate surface area is 106 Å². The maximum atomic E-state index is 13.9. The molecule has 0 N–H and O–H groups in total. The van der Waals surface area contributed by atoms with E-state index in [9.17, 15) is 18.0 Å². The Morgan fingerprint density at radius 1 is 1.17 bits per heavy atom. The molecule has 1 aromatic heterocycles. The van der Waals surface area contributed by atoms with Crippen molar-refractivity contribution in [3.8, 4) is 0 Å². The van der Waals surface area contributed by atoms with Gasteiger partial charge in [0.25, 0.3) is 5.92 Å². The minimum absolute atomic E-state index is 0.0429. The van der Waals surface area contributed by atoms with Crippen molar-refractivity contribution in [1.82, 2.24) is 0 Å². The molecule has 0 radical (unpaired) electrons. The quantitative estimate of drug-likeness (QED) is 0.761. The zero-order chi connectivity index (χ0) is 13.2. The lowest BCUT2D eigenvalue weighted by atomic mass is 10.0. The second-order valence-corrected chi connectivity index (χ2v) is 4.71. The summed E-state index contributed by atoms with van der Waals surface area (Å²) in [5.41, 5.74) is -0.102. The van der Waals surface area contributed by atoms with Gasteiger partial charge in [-0.3, -0.25) is 4.79 Å². The lowest BCUT2D eigenvalue weighted by molar-refractivity contribution is -0.00385. The van der Waals surface area contributed by atoms with Crippen molar-refractivity contribution in [2.24, 2.45) is 0 Å². The second-order valence-electron chi connectivity index (χ2n) is 3.80. The van der Waals surface area contributed by atoms with Gasteiger partial charge in [0, 0.05) is 12.0 Å². The highest BCUT2D eigenvalue weighted by atomic mass is 32.1. The molecule has 0 atom stereocenters. The van der Waals surface area contributed by atoms with Crippen molar-refractivity contribution >= 4 is 17.4 Å².